The number of ether oxygens (including phenoxy) is 1. The zero-order valence-electron chi connectivity index (χ0n) is 17.1. The molecule has 4 N–H and O–H groups in total. The summed E-state index contributed by atoms with van der Waals surface area (Å²) in [5.74, 6) is -5.26. The lowest BCUT2D eigenvalue weighted by molar-refractivity contribution is 0.0649. The van der Waals surface area contributed by atoms with Crippen molar-refractivity contribution in [3.05, 3.63) is 63.2 Å². The number of hydrogen-bond donors (Lipinski definition) is 4. The van der Waals surface area contributed by atoms with Crippen LogP contribution in [0, 0.1) is 0 Å². The Labute approximate surface area is 177 Å². The van der Waals surface area contributed by atoms with Gasteiger partial charge < -0.3 is 30.0 Å². The minimum atomic E-state index is -1.69. The number of alkyl carbamates (subject to hydrolysis) is 1. The van der Waals surface area contributed by atoms with Crippen molar-refractivity contribution in [2.75, 3.05) is 6.54 Å². The quantitative estimate of drug-likeness (QED) is 0.469. The Kier molecular flexibility index (Phi) is 8.18. The van der Waals surface area contributed by atoms with Gasteiger partial charge in [-0.15, -0.1) is 0 Å². The Morgan fingerprint density at radius 1 is 1.13 bits per heavy atom. The number of carbonyl (C=O) groups excluding carboxylic acids is 2. The Balaban J connectivity index is 1.89. The smallest absolute Gasteiger partial charge is 0.407 e. The molecule has 31 heavy (non-hydrogen) atoms. The molecule has 1 aromatic heterocycles. The maximum absolute atomic E-state index is 12.2. The van der Waals surface area contributed by atoms with Crippen molar-refractivity contribution >= 4 is 18.0 Å². The summed E-state index contributed by atoms with van der Waals surface area (Å²) in [5, 5.41) is 23.4. The van der Waals surface area contributed by atoms with E-state index in [0.717, 1.165) is 12.0 Å². The van der Waals surface area contributed by atoms with Crippen LogP contribution in [0.5, 0.6) is 5.75 Å². The summed E-state index contributed by atoms with van der Waals surface area (Å²) >= 11 is 0. The third-order valence-electron chi connectivity index (χ3n) is 4.47. The van der Waals surface area contributed by atoms with E-state index >= 15 is 0 Å². The summed E-state index contributed by atoms with van der Waals surface area (Å²) < 4.78 is 9.97. The number of nitrogens with one attached hydrogen (secondary N) is 2. The molecule has 10 heteroatoms. The number of aryl methyl sites for hydroxylation is 1. The van der Waals surface area contributed by atoms with Crippen molar-refractivity contribution < 1.29 is 33.8 Å². The first-order valence-corrected chi connectivity index (χ1v) is 9.64. The number of amides is 2. The van der Waals surface area contributed by atoms with Gasteiger partial charge >= 0.3 is 12.1 Å². The van der Waals surface area contributed by atoms with Gasteiger partial charge in [-0.25, -0.2) is 9.59 Å². The summed E-state index contributed by atoms with van der Waals surface area (Å²) in [6.45, 7) is 3.89. The molecule has 0 saturated carbocycles. The average molecular weight is 432 g/mol. The Morgan fingerprint density at radius 3 is 2.35 bits per heavy atom. The van der Waals surface area contributed by atoms with Crippen LogP contribution in [0.2, 0.25) is 0 Å². The van der Waals surface area contributed by atoms with Crippen molar-refractivity contribution in [2.24, 2.45) is 0 Å². The van der Waals surface area contributed by atoms with Crippen molar-refractivity contribution in [3.8, 4) is 5.75 Å². The molecule has 1 atom stereocenters. The molecule has 0 spiro atoms. The highest BCUT2D eigenvalue weighted by Gasteiger charge is 2.21. The van der Waals surface area contributed by atoms with Gasteiger partial charge in [0.25, 0.3) is 11.7 Å². The summed E-state index contributed by atoms with van der Waals surface area (Å²) in [5.41, 5.74) is 0.953. The van der Waals surface area contributed by atoms with Crippen LogP contribution in [0.25, 0.3) is 0 Å². The van der Waals surface area contributed by atoms with E-state index in [-0.39, 0.29) is 13.2 Å². The van der Waals surface area contributed by atoms with Crippen LogP contribution in [0.3, 0.4) is 0 Å². The van der Waals surface area contributed by atoms with Crippen LogP contribution < -0.4 is 16.1 Å². The zero-order chi connectivity index (χ0) is 23.0. The predicted octanol–water partition coefficient (Wildman–Crippen LogP) is 2.04. The summed E-state index contributed by atoms with van der Waals surface area (Å²) in [7, 11) is 0. The number of hydrogen-bond acceptors (Lipinski definition) is 7. The van der Waals surface area contributed by atoms with Gasteiger partial charge in [0, 0.05) is 18.7 Å². The van der Waals surface area contributed by atoms with Gasteiger partial charge in [0.1, 0.15) is 6.61 Å². The van der Waals surface area contributed by atoms with Gasteiger partial charge in [0.05, 0.1) is 0 Å². The summed E-state index contributed by atoms with van der Waals surface area (Å²) in [4.78, 5) is 46.8. The Morgan fingerprint density at radius 2 is 1.77 bits per heavy atom. The largest absolute Gasteiger partial charge is 0.501 e. The highest BCUT2D eigenvalue weighted by molar-refractivity contribution is 5.93. The molecule has 0 fully saturated rings. The van der Waals surface area contributed by atoms with E-state index in [4.69, 9.17) is 14.3 Å². The molecule has 0 aliphatic carbocycles. The number of carboxylic acids is 1. The van der Waals surface area contributed by atoms with Gasteiger partial charge in [-0.3, -0.25) is 9.59 Å². The van der Waals surface area contributed by atoms with Crippen LogP contribution in [-0.2, 0) is 17.8 Å². The fourth-order valence-corrected chi connectivity index (χ4v) is 2.57. The Bertz CT molecular complexity index is 997. The minimum Gasteiger partial charge on any atom is -0.501 e. The van der Waals surface area contributed by atoms with Gasteiger partial charge in [-0.05, 0) is 24.0 Å². The highest BCUT2D eigenvalue weighted by Crippen LogP contribution is 2.13. The van der Waals surface area contributed by atoms with Crippen LogP contribution in [0.4, 0.5) is 4.79 Å². The van der Waals surface area contributed by atoms with Crippen LogP contribution in [0.1, 0.15) is 52.5 Å². The predicted molar refractivity (Wildman–Crippen MR) is 109 cm³/mol. The summed E-state index contributed by atoms with van der Waals surface area (Å²) in [6, 6.07) is 7.86. The molecular weight excluding hydrogens is 408 g/mol. The maximum Gasteiger partial charge on any atom is 0.407 e. The molecule has 2 amide bonds. The second kappa shape index (κ2) is 10.8. The monoisotopic (exact) mass is 432 g/mol. The third kappa shape index (κ3) is 6.59. The number of carboxylic acid groups (broad SMARTS) is 1. The van der Waals surface area contributed by atoms with Gasteiger partial charge in [-0.2, -0.15) is 0 Å². The molecule has 166 valence electrons. The van der Waals surface area contributed by atoms with E-state index in [2.05, 4.69) is 10.6 Å². The second-order valence-corrected chi connectivity index (χ2v) is 6.66. The van der Waals surface area contributed by atoms with Gasteiger partial charge in [0.2, 0.25) is 11.2 Å². The normalized spacial score (nSPS) is 11.4. The summed E-state index contributed by atoms with van der Waals surface area (Å²) in [6.07, 6.45) is 0.710. The van der Waals surface area contributed by atoms with Gasteiger partial charge in [-0.1, -0.05) is 38.1 Å². The molecule has 10 nitrogen and oxygen atoms in total. The minimum absolute atomic E-state index is 0.0252. The van der Waals surface area contributed by atoms with E-state index in [1.165, 1.54) is 5.56 Å². The fourth-order valence-electron chi connectivity index (χ4n) is 2.57. The van der Waals surface area contributed by atoms with Crippen molar-refractivity contribution in [2.45, 2.75) is 39.3 Å². The molecule has 0 radical (unpaired) electrons. The van der Waals surface area contributed by atoms with Crippen molar-refractivity contribution in [3.63, 3.8) is 0 Å². The van der Waals surface area contributed by atoms with Crippen LogP contribution in [-0.4, -0.2) is 40.8 Å². The van der Waals surface area contributed by atoms with E-state index in [9.17, 15) is 24.3 Å². The molecular formula is C21H24N2O8. The van der Waals surface area contributed by atoms with Crippen molar-refractivity contribution in [1.82, 2.24) is 10.6 Å². The second-order valence-electron chi connectivity index (χ2n) is 6.66. The Hall–Kier alpha value is -3.82. The first-order chi connectivity index (χ1) is 14.7. The van der Waals surface area contributed by atoms with Gasteiger partial charge in [0.15, 0.2) is 5.76 Å². The first kappa shape index (κ1) is 23.5. The molecule has 0 bridgehead atoms. The highest BCUT2D eigenvalue weighted by atomic mass is 16.5. The first-order valence-electron chi connectivity index (χ1n) is 9.64. The molecule has 2 rings (SSSR count). The molecule has 0 unspecified atom stereocenters. The fraction of sp³-hybridized carbons (Fsp3) is 0.333. The van der Waals surface area contributed by atoms with E-state index in [1.807, 2.05) is 31.2 Å². The zero-order valence-corrected chi connectivity index (χ0v) is 17.1. The molecule has 1 aromatic carbocycles. The van der Waals surface area contributed by atoms with E-state index in [0.29, 0.717) is 12.5 Å². The molecule has 1 heterocycles. The maximum atomic E-state index is 12.2. The lowest BCUT2D eigenvalue weighted by Gasteiger charge is -2.17. The van der Waals surface area contributed by atoms with Crippen LogP contribution >= 0.6 is 0 Å². The molecule has 0 saturated heterocycles. The lowest BCUT2D eigenvalue weighted by Crippen LogP contribution is -2.43. The van der Waals surface area contributed by atoms with Crippen molar-refractivity contribution in [1.29, 1.82) is 0 Å². The van der Waals surface area contributed by atoms with Crippen LogP contribution in [0.15, 0.2) is 39.5 Å². The number of carbonyl (C=O) groups is 3. The van der Waals surface area contributed by atoms with E-state index < -0.39 is 46.7 Å². The number of aromatic carboxylic acids is 1. The molecule has 0 aliphatic rings. The molecule has 2 aromatic rings. The topological polar surface area (TPSA) is 155 Å². The lowest BCUT2D eigenvalue weighted by atomic mass is 10.1. The molecule has 0 aliphatic heterocycles. The number of rotatable bonds is 9. The number of aromatic hydroxyl groups is 1. The number of benzene rings is 1. The standard InChI is InChI=1S/C21H24N2O8/c1-3-12-5-7-13(8-6-12)11-30-21(29)23-14(4-2)10-22-19(26)16-9-15(24)17(25)18(31-16)20(27)28/h5-9,14,25H,3-4,10-11H2,1-2H3,(H,22,26)(H,23,29)(H,27,28)/t14-/m0/s1. The average Bonchev–Trinajstić information content (AvgIpc) is 2.76. The SMILES string of the molecule is CCc1ccc(COC(=O)N[C@@H](CC)CNC(=O)c2cc(=O)c(O)c(C(=O)O)o2)cc1. The van der Waals surface area contributed by atoms with E-state index in [1.54, 1.807) is 6.92 Å². The third-order valence-corrected chi connectivity index (χ3v) is 4.47.